The fraction of sp³-hybridized carbons (Fsp3) is 0.632. The Hall–Kier alpha value is -1.51. The first kappa shape index (κ1) is 15.4. The number of nitrogen functional groups attached to an aromatic ring is 1. The minimum absolute atomic E-state index is 0.186. The van der Waals surface area contributed by atoms with Crippen molar-refractivity contribution in [2.24, 2.45) is 17.8 Å². The molecule has 22 heavy (non-hydrogen) atoms. The summed E-state index contributed by atoms with van der Waals surface area (Å²) in [5.41, 5.74) is 8.70. The number of benzene rings is 1. The highest BCUT2D eigenvalue weighted by Gasteiger charge is 2.41. The average molecular weight is 300 g/mol. The molecule has 0 aromatic heterocycles. The van der Waals surface area contributed by atoms with Crippen molar-refractivity contribution in [3.63, 3.8) is 0 Å². The molecule has 1 saturated carbocycles. The molecule has 0 bridgehead atoms. The van der Waals surface area contributed by atoms with Crippen LogP contribution in [0.5, 0.6) is 0 Å². The number of nitrogens with zero attached hydrogens (tertiary/aromatic N) is 1. The van der Waals surface area contributed by atoms with E-state index in [-0.39, 0.29) is 5.91 Å². The summed E-state index contributed by atoms with van der Waals surface area (Å²) in [6, 6.07) is 6.09. The smallest absolute Gasteiger partial charge is 0.254 e. The van der Waals surface area contributed by atoms with Crippen LogP contribution in [0.1, 0.15) is 62.4 Å². The fourth-order valence-electron chi connectivity index (χ4n) is 4.54. The molecule has 1 fully saturated rings. The van der Waals surface area contributed by atoms with Gasteiger partial charge in [-0.05, 0) is 42.7 Å². The SMILES string of the molecule is CC[C@H]1C[C@@H](CC)[C@@H](C)[C@H](N2Cc3c(N)cccc3C2=O)C1. The second-order valence-electron chi connectivity index (χ2n) is 7.15. The quantitative estimate of drug-likeness (QED) is 0.855. The van der Waals surface area contributed by atoms with Gasteiger partial charge < -0.3 is 10.6 Å². The van der Waals surface area contributed by atoms with E-state index in [2.05, 4.69) is 25.7 Å². The largest absolute Gasteiger partial charge is 0.398 e. The lowest BCUT2D eigenvalue weighted by molar-refractivity contribution is 0.0347. The van der Waals surface area contributed by atoms with Crippen LogP contribution in [-0.2, 0) is 6.54 Å². The predicted molar refractivity (Wildman–Crippen MR) is 90.5 cm³/mol. The average Bonchev–Trinajstić information content (AvgIpc) is 2.86. The van der Waals surface area contributed by atoms with E-state index in [1.165, 1.54) is 19.3 Å². The number of anilines is 1. The van der Waals surface area contributed by atoms with Crippen LogP contribution in [-0.4, -0.2) is 16.8 Å². The summed E-state index contributed by atoms with van der Waals surface area (Å²) in [5.74, 6) is 2.25. The van der Waals surface area contributed by atoms with Gasteiger partial charge in [-0.2, -0.15) is 0 Å². The van der Waals surface area contributed by atoms with Crippen LogP contribution in [0.25, 0.3) is 0 Å². The van der Waals surface area contributed by atoms with Crippen molar-refractivity contribution in [2.75, 3.05) is 5.73 Å². The molecule has 2 N–H and O–H groups in total. The molecule has 3 nitrogen and oxygen atoms in total. The molecule has 1 aliphatic carbocycles. The topological polar surface area (TPSA) is 46.3 Å². The maximum Gasteiger partial charge on any atom is 0.254 e. The monoisotopic (exact) mass is 300 g/mol. The number of rotatable bonds is 3. The summed E-state index contributed by atoms with van der Waals surface area (Å²) in [6.07, 6.45) is 4.90. The number of nitrogens with two attached hydrogens (primary N) is 1. The zero-order chi connectivity index (χ0) is 15.9. The van der Waals surface area contributed by atoms with Gasteiger partial charge in [-0.15, -0.1) is 0 Å². The van der Waals surface area contributed by atoms with E-state index >= 15 is 0 Å². The van der Waals surface area contributed by atoms with Crippen molar-refractivity contribution in [3.8, 4) is 0 Å². The summed E-state index contributed by atoms with van der Waals surface area (Å²) in [6.45, 7) is 7.60. The van der Waals surface area contributed by atoms with Crippen molar-refractivity contribution in [1.82, 2.24) is 4.90 Å². The number of hydrogen-bond acceptors (Lipinski definition) is 2. The number of amides is 1. The zero-order valence-corrected chi connectivity index (χ0v) is 14.0. The molecule has 1 aromatic rings. The molecule has 3 heteroatoms. The second kappa shape index (κ2) is 5.94. The summed E-state index contributed by atoms with van der Waals surface area (Å²) in [7, 11) is 0. The first-order valence-electron chi connectivity index (χ1n) is 8.75. The van der Waals surface area contributed by atoms with Crippen LogP contribution in [0.2, 0.25) is 0 Å². The van der Waals surface area contributed by atoms with Crippen LogP contribution in [0.15, 0.2) is 18.2 Å². The molecule has 2 aliphatic rings. The second-order valence-corrected chi connectivity index (χ2v) is 7.15. The van der Waals surface area contributed by atoms with Gasteiger partial charge in [0.05, 0.1) is 0 Å². The molecule has 4 atom stereocenters. The molecular formula is C19H28N2O. The van der Waals surface area contributed by atoms with Crippen LogP contribution in [0.4, 0.5) is 5.69 Å². The Labute approximate surface area is 133 Å². The summed E-state index contributed by atoms with van der Waals surface area (Å²) in [5, 5.41) is 0. The van der Waals surface area contributed by atoms with Gasteiger partial charge in [0.15, 0.2) is 0 Å². The Morgan fingerprint density at radius 2 is 2.00 bits per heavy atom. The third kappa shape index (κ3) is 2.41. The summed E-state index contributed by atoms with van der Waals surface area (Å²) in [4.78, 5) is 15.0. The molecule has 3 rings (SSSR count). The Balaban J connectivity index is 1.88. The molecule has 0 unspecified atom stereocenters. The van der Waals surface area contributed by atoms with E-state index in [1.54, 1.807) is 0 Å². The van der Waals surface area contributed by atoms with Crippen LogP contribution in [0, 0.1) is 17.8 Å². The van der Waals surface area contributed by atoms with Gasteiger partial charge in [0.1, 0.15) is 0 Å². The molecule has 0 spiro atoms. The van der Waals surface area contributed by atoms with E-state index in [0.717, 1.165) is 35.1 Å². The van der Waals surface area contributed by atoms with Crippen LogP contribution < -0.4 is 5.73 Å². The Bertz CT molecular complexity index is 569. The van der Waals surface area contributed by atoms with Crippen LogP contribution in [0.3, 0.4) is 0 Å². The maximum atomic E-state index is 12.9. The lowest BCUT2D eigenvalue weighted by Crippen LogP contribution is -2.46. The van der Waals surface area contributed by atoms with Crippen molar-refractivity contribution < 1.29 is 4.79 Å². The van der Waals surface area contributed by atoms with E-state index in [4.69, 9.17) is 5.73 Å². The van der Waals surface area contributed by atoms with Gasteiger partial charge in [0.25, 0.3) is 5.91 Å². The number of carbonyl (C=O) groups is 1. The van der Waals surface area contributed by atoms with Crippen LogP contribution >= 0.6 is 0 Å². The highest BCUT2D eigenvalue weighted by molar-refractivity contribution is 6.00. The molecular weight excluding hydrogens is 272 g/mol. The van der Waals surface area contributed by atoms with Crippen molar-refractivity contribution in [3.05, 3.63) is 29.3 Å². The first-order chi connectivity index (χ1) is 10.6. The van der Waals surface area contributed by atoms with Gasteiger partial charge in [-0.3, -0.25) is 4.79 Å². The fourth-order valence-corrected chi connectivity index (χ4v) is 4.54. The van der Waals surface area contributed by atoms with E-state index in [9.17, 15) is 4.79 Å². The lowest BCUT2D eigenvalue weighted by atomic mass is 9.69. The minimum atomic E-state index is 0.186. The van der Waals surface area contributed by atoms with Gasteiger partial charge in [0, 0.05) is 29.4 Å². The molecule has 0 radical (unpaired) electrons. The summed E-state index contributed by atoms with van der Waals surface area (Å²) < 4.78 is 0. The first-order valence-corrected chi connectivity index (χ1v) is 8.75. The molecule has 1 aliphatic heterocycles. The van der Waals surface area contributed by atoms with E-state index < -0.39 is 0 Å². The molecule has 1 heterocycles. The van der Waals surface area contributed by atoms with Gasteiger partial charge in [0.2, 0.25) is 0 Å². The maximum absolute atomic E-state index is 12.9. The molecule has 1 aromatic carbocycles. The molecule has 0 saturated heterocycles. The standard InChI is InChI=1S/C19H28N2O/c1-4-13-9-14(5-2)12(3)18(10-13)21-11-16-15(19(21)22)7-6-8-17(16)20/h6-8,12-14,18H,4-5,9-11,20H2,1-3H3/t12-,13+,14-,18-/m1/s1. The molecule has 120 valence electrons. The lowest BCUT2D eigenvalue weighted by Gasteiger charge is -2.44. The van der Waals surface area contributed by atoms with Gasteiger partial charge in [-0.1, -0.05) is 39.7 Å². The third-order valence-electron chi connectivity index (χ3n) is 6.10. The van der Waals surface area contributed by atoms with Gasteiger partial charge >= 0.3 is 0 Å². The highest BCUT2D eigenvalue weighted by atomic mass is 16.2. The van der Waals surface area contributed by atoms with E-state index in [1.807, 2.05) is 18.2 Å². The zero-order valence-electron chi connectivity index (χ0n) is 14.0. The van der Waals surface area contributed by atoms with Gasteiger partial charge in [-0.25, -0.2) is 0 Å². The van der Waals surface area contributed by atoms with Crippen molar-refractivity contribution in [1.29, 1.82) is 0 Å². The normalized spacial score (nSPS) is 31.4. The number of carbonyl (C=O) groups excluding carboxylic acids is 1. The summed E-state index contributed by atoms with van der Waals surface area (Å²) >= 11 is 0. The Kier molecular flexibility index (Phi) is 4.16. The Morgan fingerprint density at radius 1 is 1.23 bits per heavy atom. The highest BCUT2D eigenvalue weighted by Crippen LogP contribution is 2.42. The number of hydrogen-bond donors (Lipinski definition) is 1. The van der Waals surface area contributed by atoms with E-state index in [0.29, 0.717) is 18.5 Å². The van der Waals surface area contributed by atoms with Crippen molar-refractivity contribution in [2.45, 2.75) is 59.0 Å². The Morgan fingerprint density at radius 3 is 2.64 bits per heavy atom. The predicted octanol–water partition coefficient (Wildman–Crippen LogP) is 4.08. The number of fused-ring (bicyclic) bond motifs is 1. The molecule has 1 amide bonds. The minimum Gasteiger partial charge on any atom is -0.398 e. The van der Waals surface area contributed by atoms with Crippen molar-refractivity contribution >= 4 is 11.6 Å². The third-order valence-corrected chi connectivity index (χ3v) is 6.10.